The van der Waals surface area contributed by atoms with E-state index in [9.17, 15) is 18.0 Å². The van der Waals surface area contributed by atoms with Crippen molar-refractivity contribution in [1.29, 1.82) is 0 Å². The van der Waals surface area contributed by atoms with Crippen LogP contribution in [0.4, 0.5) is 13.2 Å². The summed E-state index contributed by atoms with van der Waals surface area (Å²) in [5.41, 5.74) is 3.40. The van der Waals surface area contributed by atoms with E-state index in [0.717, 1.165) is 41.0 Å². The molecule has 8 heteroatoms. The number of alkyl halides is 3. The summed E-state index contributed by atoms with van der Waals surface area (Å²) in [6, 6.07) is 18.2. The SMILES string of the molecule is CCCCCCCCOc1ccc(-c2ccc(OC(=O)CC(OCCCC)C(F)(F)F)cc2)c(-c2ccccn2)c1. The quantitative estimate of drug-likeness (QED) is 0.0918. The lowest BCUT2D eigenvalue weighted by Crippen LogP contribution is -2.35. The number of benzene rings is 2. The number of aromatic nitrogens is 1. The van der Waals surface area contributed by atoms with Crippen molar-refractivity contribution in [1.82, 2.24) is 4.98 Å². The molecule has 3 aromatic rings. The van der Waals surface area contributed by atoms with Gasteiger partial charge in [0, 0.05) is 18.4 Å². The molecule has 0 fully saturated rings. The van der Waals surface area contributed by atoms with Gasteiger partial charge in [0.05, 0.1) is 18.7 Å². The van der Waals surface area contributed by atoms with Gasteiger partial charge in [-0.15, -0.1) is 0 Å². The fourth-order valence-electron chi connectivity index (χ4n) is 4.34. The average Bonchev–Trinajstić information content (AvgIpc) is 2.96. The zero-order valence-corrected chi connectivity index (χ0v) is 23.9. The van der Waals surface area contributed by atoms with Crippen molar-refractivity contribution < 1.29 is 32.2 Å². The van der Waals surface area contributed by atoms with Gasteiger partial charge in [0.25, 0.3) is 0 Å². The summed E-state index contributed by atoms with van der Waals surface area (Å²) in [7, 11) is 0. The Hall–Kier alpha value is -3.39. The Labute approximate surface area is 241 Å². The number of ether oxygens (including phenoxy) is 3. The lowest BCUT2D eigenvalue weighted by atomic mass is 9.97. The van der Waals surface area contributed by atoms with E-state index in [1.165, 1.54) is 25.7 Å². The monoisotopic (exact) mass is 571 g/mol. The molecule has 1 heterocycles. The molecule has 5 nitrogen and oxygen atoms in total. The molecule has 1 atom stereocenters. The molecule has 0 saturated heterocycles. The fourth-order valence-corrected chi connectivity index (χ4v) is 4.34. The van der Waals surface area contributed by atoms with Crippen LogP contribution in [0.5, 0.6) is 11.5 Å². The van der Waals surface area contributed by atoms with Gasteiger partial charge >= 0.3 is 12.1 Å². The highest BCUT2D eigenvalue weighted by atomic mass is 19.4. The van der Waals surface area contributed by atoms with Gasteiger partial charge in [0.15, 0.2) is 6.10 Å². The van der Waals surface area contributed by atoms with Crippen LogP contribution in [0.2, 0.25) is 0 Å². The number of pyridine rings is 1. The summed E-state index contributed by atoms with van der Waals surface area (Å²) in [5.74, 6) is -0.0852. The van der Waals surface area contributed by atoms with Gasteiger partial charge in [-0.1, -0.05) is 76.6 Å². The smallest absolute Gasteiger partial charge is 0.415 e. The molecule has 0 amide bonds. The van der Waals surface area contributed by atoms with Crippen LogP contribution >= 0.6 is 0 Å². The molecule has 0 aliphatic carbocycles. The maximum absolute atomic E-state index is 13.3. The highest BCUT2D eigenvalue weighted by Gasteiger charge is 2.42. The zero-order valence-electron chi connectivity index (χ0n) is 23.9. The van der Waals surface area contributed by atoms with Gasteiger partial charge < -0.3 is 14.2 Å². The summed E-state index contributed by atoms with van der Waals surface area (Å²) in [6.07, 6.45) is 2.27. The molecule has 0 spiro atoms. The molecule has 3 rings (SSSR count). The van der Waals surface area contributed by atoms with E-state index in [2.05, 4.69) is 11.9 Å². The van der Waals surface area contributed by atoms with Crippen LogP contribution in [-0.2, 0) is 9.53 Å². The second-order valence-corrected chi connectivity index (χ2v) is 10.00. The topological polar surface area (TPSA) is 57.7 Å². The predicted molar refractivity (Wildman–Crippen MR) is 155 cm³/mol. The average molecular weight is 572 g/mol. The maximum Gasteiger partial charge on any atom is 0.415 e. The first kappa shape index (κ1) is 32.1. The summed E-state index contributed by atoms with van der Waals surface area (Å²) in [6.45, 7) is 4.64. The van der Waals surface area contributed by atoms with E-state index < -0.39 is 24.7 Å². The van der Waals surface area contributed by atoms with Crippen molar-refractivity contribution in [2.45, 2.75) is 83.9 Å². The van der Waals surface area contributed by atoms with Gasteiger partial charge in [-0.05, 0) is 60.4 Å². The van der Waals surface area contributed by atoms with Crippen LogP contribution in [0.15, 0.2) is 66.9 Å². The second-order valence-electron chi connectivity index (χ2n) is 10.00. The molecule has 0 bridgehead atoms. The lowest BCUT2D eigenvalue weighted by Gasteiger charge is -2.20. The number of carbonyl (C=O) groups is 1. The summed E-state index contributed by atoms with van der Waals surface area (Å²) >= 11 is 0. The van der Waals surface area contributed by atoms with E-state index in [1.807, 2.05) is 43.3 Å². The molecule has 0 aliphatic heterocycles. The predicted octanol–water partition coefficient (Wildman–Crippen LogP) is 9.20. The van der Waals surface area contributed by atoms with Gasteiger partial charge in [0.2, 0.25) is 0 Å². The standard InChI is InChI=1S/C33H40F3NO4/c1-3-5-7-8-9-12-22-39-27-18-19-28(29(23-27)30-13-10-11-20-37-30)25-14-16-26(17-15-25)41-32(38)24-31(33(34,35)36)40-21-6-4-2/h10-11,13-20,23,31H,3-9,12,21-22,24H2,1-2H3. The fraction of sp³-hybridized carbons (Fsp3) is 0.455. The molecule has 0 aliphatic rings. The highest BCUT2D eigenvalue weighted by Crippen LogP contribution is 2.35. The van der Waals surface area contributed by atoms with Crippen LogP contribution in [0.3, 0.4) is 0 Å². The molecule has 1 unspecified atom stereocenters. The van der Waals surface area contributed by atoms with Crippen molar-refractivity contribution in [3.8, 4) is 33.9 Å². The Kier molecular flexibility index (Phi) is 13.1. The summed E-state index contributed by atoms with van der Waals surface area (Å²) in [4.78, 5) is 16.8. The molecule has 0 N–H and O–H groups in total. The van der Waals surface area contributed by atoms with E-state index in [4.69, 9.17) is 14.2 Å². The third-order valence-corrected chi connectivity index (χ3v) is 6.63. The number of rotatable bonds is 17. The van der Waals surface area contributed by atoms with Crippen LogP contribution in [0, 0.1) is 0 Å². The Morgan fingerprint density at radius 1 is 0.805 bits per heavy atom. The Bertz CT molecular complexity index is 1180. The molecular weight excluding hydrogens is 531 g/mol. The van der Waals surface area contributed by atoms with Gasteiger partial charge in [-0.25, -0.2) is 0 Å². The largest absolute Gasteiger partial charge is 0.494 e. The van der Waals surface area contributed by atoms with Crippen molar-refractivity contribution in [3.05, 3.63) is 66.9 Å². The Morgan fingerprint density at radius 2 is 1.51 bits per heavy atom. The number of halogens is 3. The van der Waals surface area contributed by atoms with Gasteiger partial charge in [-0.2, -0.15) is 13.2 Å². The van der Waals surface area contributed by atoms with E-state index in [-0.39, 0.29) is 12.4 Å². The van der Waals surface area contributed by atoms with E-state index in [0.29, 0.717) is 19.4 Å². The molecule has 1 aromatic heterocycles. The first-order chi connectivity index (χ1) is 19.8. The van der Waals surface area contributed by atoms with Crippen molar-refractivity contribution in [2.24, 2.45) is 0 Å². The van der Waals surface area contributed by atoms with Gasteiger partial charge in [0.1, 0.15) is 11.5 Å². The number of esters is 1. The molecule has 222 valence electrons. The van der Waals surface area contributed by atoms with Crippen molar-refractivity contribution >= 4 is 5.97 Å². The number of unbranched alkanes of at least 4 members (excludes halogenated alkanes) is 6. The number of hydrogen-bond donors (Lipinski definition) is 0. The number of nitrogens with zero attached hydrogens (tertiary/aromatic N) is 1. The molecule has 0 radical (unpaired) electrons. The summed E-state index contributed by atoms with van der Waals surface area (Å²) < 4.78 is 56.0. The highest BCUT2D eigenvalue weighted by molar-refractivity contribution is 5.83. The molecule has 0 saturated carbocycles. The molecule has 41 heavy (non-hydrogen) atoms. The van der Waals surface area contributed by atoms with Crippen molar-refractivity contribution in [2.75, 3.05) is 13.2 Å². The Balaban J connectivity index is 1.69. The summed E-state index contributed by atoms with van der Waals surface area (Å²) in [5, 5.41) is 0. The third-order valence-electron chi connectivity index (χ3n) is 6.63. The van der Waals surface area contributed by atoms with E-state index >= 15 is 0 Å². The first-order valence-corrected chi connectivity index (χ1v) is 14.5. The normalized spacial score (nSPS) is 12.2. The number of carbonyl (C=O) groups excluding carboxylic acids is 1. The minimum absolute atomic E-state index is 0.0653. The van der Waals surface area contributed by atoms with Crippen LogP contribution in [-0.4, -0.2) is 36.4 Å². The molecule has 2 aromatic carbocycles. The zero-order chi connectivity index (χ0) is 29.5. The lowest BCUT2D eigenvalue weighted by molar-refractivity contribution is -0.223. The first-order valence-electron chi connectivity index (χ1n) is 14.5. The minimum Gasteiger partial charge on any atom is -0.494 e. The molecular formula is C33H40F3NO4. The van der Waals surface area contributed by atoms with Crippen LogP contribution in [0.25, 0.3) is 22.4 Å². The van der Waals surface area contributed by atoms with Gasteiger partial charge in [-0.3, -0.25) is 9.78 Å². The van der Waals surface area contributed by atoms with Crippen LogP contribution < -0.4 is 9.47 Å². The van der Waals surface area contributed by atoms with Crippen molar-refractivity contribution in [3.63, 3.8) is 0 Å². The maximum atomic E-state index is 13.3. The third kappa shape index (κ3) is 10.8. The minimum atomic E-state index is -4.65. The van der Waals surface area contributed by atoms with Crippen LogP contribution in [0.1, 0.15) is 71.6 Å². The second kappa shape index (κ2) is 16.8. The number of hydrogen-bond acceptors (Lipinski definition) is 5. The van der Waals surface area contributed by atoms with E-state index in [1.54, 1.807) is 30.5 Å². The Morgan fingerprint density at radius 3 is 2.20 bits per heavy atom.